The first-order valence-corrected chi connectivity index (χ1v) is 41.3. The van der Waals surface area contributed by atoms with Crippen molar-refractivity contribution < 1.29 is 52.7 Å². The fourth-order valence-corrected chi connectivity index (χ4v) is 13.0. The minimum Gasteiger partial charge on any atom is -0.370 e. The highest BCUT2D eigenvalue weighted by atomic mass is 16.6. The average molecular weight is 1560 g/mol. The summed E-state index contributed by atoms with van der Waals surface area (Å²) in [5, 5.41) is 26.9. The van der Waals surface area contributed by atoms with Crippen molar-refractivity contribution in [1.82, 2.24) is 73.2 Å². The molecule has 112 heavy (non-hydrogen) atoms. The third-order valence-corrected chi connectivity index (χ3v) is 19.5. The van der Waals surface area contributed by atoms with Crippen LogP contribution in [0.1, 0.15) is 243 Å². The molecule has 1 aliphatic rings. The van der Waals surface area contributed by atoms with Crippen LogP contribution in [0.3, 0.4) is 0 Å². The van der Waals surface area contributed by atoms with Crippen molar-refractivity contribution in [2.24, 2.45) is 22.2 Å². The number of aromatic amines is 2. The van der Waals surface area contributed by atoms with Gasteiger partial charge >= 0.3 is 0 Å². The van der Waals surface area contributed by atoms with E-state index in [2.05, 4.69) is 111 Å². The third-order valence-electron chi connectivity index (χ3n) is 19.5. The zero-order valence-electron chi connectivity index (χ0n) is 66.8. The maximum atomic E-state index is 14.7. The Morgan fingerprint density at radius 3 is 1.55 bits per heavy atom. The molecule has 3 heterocycles. The number of para-hydroxylation sites is 1. The van der Waals surface area contributed by atoms with Gasteiger partial charge in [0.15, 0.2) is 5.96 Å². The molecular weight excluding hydrogens is 1430 g/mol. The average Bonchev–Trinajstić information content (AvgIpc) is 1.67. The number of imidazole rings is 1. The standard InChI is InChI=1S/C83H132N18O11/c1-4-6-8-10-12-14-16-18-20-22-24-26-28-30-35-47-71(102)88-50-40-52-90-79(110)81-100-101(82(112-81)80(111)91-53-41-51-89-72(103)48-36-31-29-27-25-23-21-19-17-15-13-11-9-7-5-2)59-73(104)95-61(3)75(106)98-70(56-64-58-87-60-94-64)78(109)99-69(54-62-42-33-32-34-43-62)77(108)96-67(46-39-49-92-83(85)86)76(107)97-68(74(84)105)55-63-57-93-66-45-38-37-44-65(63)66/h18-21,32-34,37-38,42-45,57-58,60-61,67-70,81-82,93,100H,4-17,22-31,35-36,39-41,46-56,59H2,1-3H3,(H2,84,105)(H,87,94)(H,88,102)(H,89,103)(H,90,110)(H,91,111)(H,95,104)(H,96,108)(H,97,107)(H,98,106)(H,99,109)(H4,85,86,92)/b20-18-,21-19-/t61-,67-,68-,69+,70-,81?,82?/m0/s1. The van der Waals surface area contributed by atoms with E-state index in [1.807, 2.05) is 24.3 Å². The van der Waals surface area contributed by atoms with Crippen LogP contribution in [0.4, 0.5) is 0 Å². The quantitative estimate of drug-likeness (QED) is 0.00870. The maximum Gasteiger partial charge on any atom is 0.265 e. The van der Waals surface area contributed by atoms with Crippen molar-refractivity contribution in [1.29, 1.82) is 0 Å². The van der Waals surface area contributed by atoms with E-state index in [0.29, 0.717) is 49.0 Å². The second-order valence-corrected chi connectivity index (χ2v) is 29.2. The first-order valence-electron chi connectivity index (χ1n) is 41.3. The smallest absolute Gasteiger partial charge is 0.265 e. The Bertz CT molecular complexity index is 3490. The molecule has 2 aromatic carbocycles. The van der Waals surface area contributed by atoms with Gasteiger partial charge in [0.05, 0.1) is 12.9 Å². The number of hydrogen-bond donors (Lipinski definition) is 15. The number of nitrogens with one attached hydrogen (secondary N) is 12. The molecule has 1 aliphatic heterocycles. The van der Waals surface area contributed by atoms with Crippen molar-refractivity contribution in [3.63, 3.8) is 0 Å². The molecule has 4 aromatic rings. The number of nitrogens with two attached hydrogens (primary N) is 3. The molecule has 0 saturated carbocycles. The lowest BCUT2D eigenvalue weighted by Gasteiger charge is -2.27. The van der Waals surface area contributed by atoms with Gasteiger partial charge in [-0.25, -0.2) is 10.4 Å². The normalized spacial score (nSPS) is 14.9. The molecule has 0 aliphatic carbocycles. The van der Waals surface area contributed by atoms with Gasteiger partial charge in [-0.05, 0) is 114 Å². The molecule has 620 valence electrons. The van der Waals surface area contributed by atoms with E-state index < -0.39 is 96.5 Å². The number of unbranched alkanes of at least 4 members (excludes halogenated alkanes) is 22. The van der Waals surface area contributed by atoms with Crippen LogP contribution in [0.2, 0.25) is 0 Å². The number of amides is 10. The molecule has 2 aromatic heterocycles. The van der Waals surface area contributed by atoms with E-state index in [4.69, 9.17) is 21.9 Å². The molecular formula is C83H132N18O11. The molecule has 1 fully saturated rings. The van der Waals surface area contributed by atoms with Gasteiger partial charge in [-0.3, -0.25) is 52.9 Å². The summed E-state index contributed by atoms with van der Waals surface area (Å²) >= 11 is 0. The number of H-pyrrole nitrogens is 2. The second-order valence-electron chi connectivity index (χ2n) is 29.2. The van der Waals surface area contributed by atoms with Gasteiger partial charge < -0.3 is 79.8 Å². The van der Waals surface area contributed by atoms with Crippen LogP contribution in [0.15, 0.2) is 103 Å². The summed E-state index contributed by atoms with van der Waals surface area (Å²) in [6, 6.07) is 9.53. The SMILES string of the molecule is CCCCCCCC/C=C\CCCCCCCC(=O)NCCCNC(=O)C1NN(CC(=O)N[C@@H](C)C(=O)N[C@@H](Cc2cnc[nH]2)C(=O)N[C@H](Cc2ccccc2)C(=O)N[C@@H](CCCN=C(N)N)C(=O)N[C@@H](Cc2c[nH]c3ccccc23)C(N)=O)C(C(=O)NCCCNC(=O)CCCCCCC/C=C\CCCCCCCC)O1. The lowest BCUT2D eigenvalue weighted by molar-refractivity contribution is -0.144. The van der Waals surface area contributed by atoms with E-state index in [1.165, 1.54) is 96.5 Å². The number of ether oxygens (including phenoxy) is 1. The summed E-state index contributed by atoms with van der Waals surface area (Å²) < 4.78 is 5.96. The van der Waals surface area contributed by atoms with Crippen LogP contribution in [0.5, 0.6) is 0 Å². The molecule has 7 atom stereocenters. The highest BCUT2D eigenvalue weighted by molar-refractivity contribution is 5.97. The lowest BCUT2D eigenvalue weighted by atomic mass is 10.0. The van der Waals surface area contributed by atoms with Crippen LogP contribution >= 0.6 is 0 Å². The molecule has 0 radical (unpaired) electrons. The Balaban J connectivity index is 1.17. The summed E-state index contributed by atoms with van der Waals surface area (Å²) in [5.41, 5.74) is 22.4. The number of hydrazine groups is 1. The number of guanidine groups is 1. The summed E-state index contributed by atoms with van der Waals surface area (Å²) in [6.07, 6.45) is 42.5. The van der Waals surface area contributed by atoms with Gasteiger partial charge in [0.25, 0.3) is 11.8 Å². The number of aromatic nitrogens is 3. The minimum atomic E-state index is -1.53. The zero-order valence-corrected chi connectivity index (χ0v) is 66.8. The number of hydrogen-bond acceptors (Lipinski definition) is 15. The number of allylic oxidation sites excluding steroid dienone is 4. The van der Waals surface area contributed by atoms with E-state index >= 15 is 0 Å². The molecule has 29 heteroatoms. The molecule has 2 unspecified atom stereocenters. The van der Waals surface area contributed by atoms with Crippen LogP contribution in [0, 0.1) is 0 Å². The molecule has 29 nitrogen and oxygen atoms in total. The highest BCUT2D eigenvalue weighted by Gasteiger charge is 2.42. The van der Waals surface area contributed by atoms with Crippen molar-refractivity contribution in [3.8, 4) is 0 Å². The molecule has 18 N–H and O–H groups in total. The van der Waals surface area contributed by atoms with Gasteiger partial charge in [-0.1, -0.05) is 189 Å². The topological polar surface area (TPSA) is 438 Å². The predicted octanol–water partition coefficient (Wildman–Crippen LogP) is 7.71. The van der Waals surface area contributed by atoms with Crippen LogP contribution < -0.4 is 70.5 Å². The number of rotatable bonds is 62. The fraction of sp³-hybridized carbons (Fsp3) is 0.614. The first kappa shape index (κ1) is 93.1. The minimum absolute atomic E-state index is 0.0199. The summed E-state index contributed by atoms with van der Waals surface area (Å²) in [5.74, 6) is -6.52. The molecule has 0 bridgehead atoms. The maximum absolute atomic E-state index is 14.7. The Hall–Kier alpha value is -9.48. The zero-order chi connectivity index (χ0) is 80.8. The van der Waals surface area contributed by atoms with E-state index in [1.54, 1.807) is 36.5 Å². The number of primary amides is 1. The Labute approximate surface area is 662 Å². The largest absolute Gasteiger partial charge is 0.370 e. The third kappa shape index (κ3) is 39.6. The van der Waals surface area contributed by atoms with E-state index in [-0.39, 0.29) is 76.1 Å². The Kier molecular flexibility index (Phi) is 47.1. The molecule has 0 spiro atoms. The fourth-order valence-electron chi connectivity index (χ4n) is 13.0. The molecule has 5 rings (SSSR count). The Morgan fingerprint density at radius 1 is 0.509 bits per heavy atom. The summed E-state index contributed by atoms with van der Waals surface area (Å²) in [6.45, 7) is 6.17. The van der Waals surface area contributed by atoms with Crippen molar-refractivity contribution in [2.45, 2.75) is 288 Å². The number of carbonyl (C=O) groups excluding carboxylic acids is 10. The van der Waals surface area contributed by atoms with Gasteiger partial charge in [-0.15, -0.1) is 0 Å². The van der Waals surface area contributed by atoms with E-state index in [0.717, 1.165) is 106 Å². The molecule has 1 saturated heterocycles. The van der Waals surface area contributed by atoms with Crippen molar-refractivity contribution in [3.05, 3.63) is 114 Å². The van der Waals surface area contributed by atoms with Crippen LogP contribution in [-0.2, 0) is 71.9 Å². The van der Waals surface area contributed by atoms with Gasteiger partial charge in [-0.2, -0.15) is 5.01 Å². The van der Waals surface area contributed by atoms with Gasteiger partial charge in [0, 0.05) is 93.8 Å². The predicted molar refractivity (Wildman–Crippen MR) is 438 cm³/mol. The number of fused-ring (bicyclic) bond motifs is 1. The number of benzene rings is 2. The van der Waals surface area contributed by atoms with Crippen LogP contribution in [-0.4, -0.2) is 167 Å². The van der Waals surface area contributed by atoms with Gasteiger partial charge in [0.1, 0.15) is 30.2 Å². The molecule has 10 amide bonds. The number of aliphatic imine (C=N–C) groups is 1. The number of carbonyl (C=O) groups is 10. The summed E-state index contributed by atoms with van der Waals surface area (Å²) in [7, 11) is 0. The van der Waals surface area contributed by atoms with E-state index in [9.17, 15) is 47.9 Å². The number of nitrogens with zero attached hydrogens (tertiary/aromatic N) is 3. The second kappa shape index (κ2) is 56.7. The van der Waals surface area contributed by atoms with Crippen molar-refractivity contribution in [2.75, 3.05) is 39.3 Å². The first-order chi connectivity index (χ1) is 54.3. The summed E-state index contributed by atoms with van der Waals surface area (Å²) in [4.78, 5) is 152. The van der Waals surface area contributed by atoms with Crippen molar-refractivity contribution >= 4 is 75.9 Å². The monoisotopic (exact) mass is 1560 g/mol. The van der Waals surface area contributed by atoms with Gasteiger partial charge in [0.2, 0.25) is 59.7 Å². The van der Waals surface area contributed by atoms with Crippen LogP contribution in [0.25, 0.3) is 10.9 Å². The lowest BCUT2D eigenvalue weighted by Crippen LogP contribution is -2.60. The Morgan fingerprint density at radius 2 is 1.00 bits per heavy atom. The highest BCUT2D eigenvalue weighted by Crippen LogP contribution is 2.21.